The third-order valence-electron chi connectivity index (χ3n) is 0. The minimum atomic E-state index is 0. The van der Waals surface area contributed by atoms with Crippen LogP contribution in [0.15, 0.2) is 0 Å². The molecule has 4 heteroatoms. The first-order valence-electron chi connectivity index (χ1n) is 0. The summed E-state index contributed by atoms with van der Waals surface area (Å²) < 4.78 is 0. The normalized spacial score (nSPS) is 0. The van der Waals surface area contributed by atoms with E-state index in [4.69, 9.17) is 0 Å². The molecule has 0 rings (SSSR count). The van der Waals surface area contributed by atoms with Crippen molar-refractivity contribution in [1.29, 1.82) is 0 Å². The largest absolute Gasteiger partial charge is 0 e. The monoisotopic (exact) mass is 548 g/mol. The molecule has 0 aromatic heterocycles. The van der Waals surface area contributed by atoms with E-state index in [0.29, 0.717) is 0 Å². The van der Waals surface area contributed by atoms with Crippen molar-refractivity contribution in [2.45, 2.75) is 0 Å². The average Bonchev–Trinajstić information content (AvgIpc) is 0. The van der Waals surface area contributed by atoms with Crippen molar-refractivity contribution in [3.8, 4) is 0 Å². The van der Waals surface area contributed by atoms with Crippen LogP contribution in [0.5, 0.6) is 0 Å². The Morgan fingerprint density at radius 1 is 0.500 bits per heavy atom. The van der Waals surface area contributed by atoms with Gasteiger partial charge in [-0.3, -0.25) is 0 Å². The van der Waals surface area contributed by atoms with Gasteiger partial charge in [-0.1, -0.05) is 0 Å². The van der Waals surface area contributed by atoms with Crippen LogP contribution in [-0.4, -0.2) is 0 Å². The van der Waals surface area contributed by atoms with Crippen molar-refractivity contribution in [3.63, 3.8) is 0 Å². The van der Waals surface area contributed by atoms with Gasteiger partial charge in [-0.15, -0.1) is 0 Å². The van der Waals surface area contributed by atoms with Crippen LogP contribution in [0.4, 0.5) is 0 Å². The predicted octanol–water partition coefficient (Wildman–Crippen LogP) is -0.0100. The topological polar surface area (TPSA) is 0 Å². The van der Waals surface area contributed by atoms with E-state index in [9.17, 15) is 0 Å². The zero-order valence-corrected chi connectivity index (χ0v) is 12.6. The fourth-order valence-corrected chi connectivity index (χ4v) is 0. The molecule has 20 valence electrons. The summed E-state index contributed by atoms with van der Waals surface area (Å²) in [5.41, 5.74) is 0. The Labute approximate surface area is 87.9 Å². The summed E-state index contributed by atoms with van der Waals surface area (Å²) in [5, 5.41) is 0. The number of hydrogen-bond donors (Lipinski definition) is 0. The van der Waals surface area contributed by atoms with E-state index in [1.54, 1.807) is 0 Å². The molecule has 0 N–H and O–H groups in total. The minimum Gasteiger partial charge on any atom is 0 e. The Morgan fingerprint density at radius 2 is 0.500 bits per heavy atom. The van der Waals surface area contributed by atoms with Gasteiger partial charge < -0.3 is 0 Å². The van der Waals surface area contributed by atoms with Crippen molar-refractivity contribution in [2.75, 3.05) is 0 Å². The molecular formula is Nb2Ta2. The van der Waals surface area contributed by atoms with Crippen LogP contribution >= 0.6 is 0 Å². The first-order valence-corrected chi connectivity index (χ1v) is 0. The molecule has 4 heavy (non-hydrogen) atoms. The maximum atomic E-state index is 0. The van der Waals surface area contributed by atoms with E-state index in [0.717, 1.165) is 0 Å². The molecule has 0 bridgehead atoms. The smallest absolute Gasteiger partial charge is 0 e. The Hall–Kier alpha value is 2.96. The van der Waals surface area contributed by atoms with Gasteiger partial charge in [-0.05, 0) is 0 Å². The zero-order valence-electron chi connectivity index (χ0n) is 1.79. The van der Waals surface area contributed by atoms with Crippen LogP contribution in [0.3, 0.4) is 0 Å². The molecule has 0 atom stereocenters. The van der Waals surface area contributed by atoms with Gasteiger partial charge in [-0.2, -0.15) is 0 Å². The molecular weight excluding hydrogens is 548 g/mol. The molecule has 0 saturated heterocycles. The van der Waals surface area contributed by atoms with Gasteiger partial charge >= 0.3 is 0 Å². The van der Waals surface area contributed by atoms with Crippen molar-refractivity contribution in [1.82, 2.24) is 0 Å². The van der Waals surface area contributed by atoms with Gasteiger partial charge in [-0.25, -0.2) is 0 Å². The van der Waals surface area contributed by atoms with Crippen LogP contribution in [0.1, 0.15) is 0 Å². The molecule has 0 aliphatic heterocycles. The van der Waals surface area contributed by atoms with Gasteiger partial charge in [0.05, 0.1) is 0 Å². The summed E-state index contributed by atoms with van der Waals surface area (Å²) >= 11 is 0. The molecule has 0 heterocycles. The second kappa shape index (κ2) is 16.7. The summed E-state index contributed by atoms with van der Waals surface area (Å²) in [4.78, 5) is 0. The molecule has 0 spiro atoms. The third-order valence-corrected chi connectivity index (χ3v) is 0. The Bertz CT molecular complexity index is 4.00. The standard InChI is InChI=1S/2Nb.2Ta. The van der Waals surface area contributed by atoms with Gasteiger partial charge in [0, 0.05) is 89.5 Å². The molecule has 0 nitrogen and oxygen atoms in total. The van der Waals surface area contributed by atoms with E-state index in [1.807, 2.05) is 0 Å². The predicted molar refractivity (Wildman–Crippen MR) is 0 cm³/mol. The molecule has 0 aromatic carbocycles. The van der Waals surface area contributed by atoms with Gasteiger partial charge in [0.1, 0.15) is 0 Å². The first kappa shape index (κ1) is 28.2. The maximum Gasteiger partial charge on any atom is 0 e. The molecule has 0 aliphatic rings. The maximum absolute atomic E-state index is 0. The Balaban J connectivity index is 0. The quantitative estimate of drug-likeness (QED) is 0.375. The molecule has 4 radical (unpaired) electrons. The third kappa shape index (κ3) is 8.88. The van der Waals surface area contributed by atoms with Crippen molar-refractivity contribution in [2.24, 2.45) is 0 Å². The summed E-state index contributed by atoms with van der Waals surface area (Å²) in [6.45, 7) is 0. The molecule has 0 aliphatic carbocycles. The van der Waals surface area contributed by atoms with Crippen LogP contribution in [0, 0.1) is 0 Å². The van der Waals surface area contributed by atoms with E-state index in [-0.39, 0.29) is 89.5 Å². The fourth-order valence-electron chi connectivity index (χ4n) is 0. The Morgan fingerprint density at radius 3 is 0.500 bits per heavy atom. The number of rotatable bonds is 0. The second-order valence-corrected chi connectivity index (χ2v) is 0. The summed E-state index contributed by atoms with van der Waals surface area (Å²) in [7, 11) is 0. The van der Waals surface area contributed by atoms with Crippen LogP contribution in [-0.2, 0) is 89.5 Å². The van der Waals surface area contributed by atoms with Crippen molar-refractivity contribution < 1.29 is 89.5 Å². The van der Waals surface area contributed by atoms with Crippen LogP contribution < -0.4 is 0 Å². The van der Waals surface area contributed by atoms with E-state index in [2.05, 4.69) is 0 Å². The second-order valence-electron chi connectivity index (χ2n) is 0. The van der Waals surface area contributed by atoms with Gasteiger partial charge in [0.2, 0.25) is 0 Å². The van der Waals surface area contributed by atoms with E-state index < -0.39 is 0 Å². The van der Waals surface area contributed by atoms with Crippen molar-refractivity contribution in [3.05, 3.63) is 0 Å². The number of hydrogen-bond acceptors (Lipinski definition) is 0. The Kier molecular flexibility index (Phi) is 118. The zero-order chi connectivity index (χ0) is 0. The van der Waals surface area contributed by atoms with Gasteiger partial charge in [0.15, 0.2) is 0 Å². The molecule has 0 aromatic rings. The fraction of sp³-hybridized carbons (Fsp3) is 0. The molecule has 0 fully saturated rings. The van der Waals surface area contributed by atoms with Crippen molar-refractivity contribution >= 4 is 0 Å². The first-order chi connectivity index (χ1) is 0. The molecule has 0 unspecified atom stereocenters. The van der Waals surface area contributed by atoms with E-state index >= 15 is 0 Å². The van der Waals surface area contributed by atoms with Crippen LogP contribution in [0.25, 0.3) is 0 Å². The summed E-state index contributed by atoms with van der Waals surface area (Å²) in [5.74, 6) is 0. The van der Waals surface area contributed by atoms with Gasteiger partial charge in [0.25, 0.3) is 0 Å². The summed E-state index contributed by atoms with van der Waals surface area (Å²) in [6, 6.07) is 0. The SMILES string of the molecule is [Nb].[Nb].[Ta].[Ta]. The average molecular weight is 548 g/mol. The molecule has 0 saturated carbocycles. The molecule has 0 amide bonds. The summed E-state index contributed by atoms with van der Waals surface area (Å²) in [6.07, 6.45) is 0. The van der Waals surface area contributed by atoms with Crippen LogP contribution in [0.2, 0.25) is 0 Å². The van der Waals surface area contributed by atoms with E-state index in [1.165, 1.54) is 0 Å². The minimum absolute atomic E-state index is 0.